The zero-order chi connectivity index (χ0) is 17.2. The number of hydrogen-bond donors (Lipinski definition) is 2. The SMILES string of the molecule is NCC1CN(c2c(C(=O)N3CCCCC3)cnc3[nH]ncc23)CCO1. The van der Waals surface area contributed by atoms with Crippen LogP contribution in [0.2, 0.25) is 0 Å². The summed E-state index contributed by atoms with van der Waals surface area (Å²) in [5.74, 6) is 0.0566. The normalized spacial score (nSPS) is 21.7. The summed E-state index contributed by atoms with van der Waals surface area (Å²) < 4.78 is 5.69. The van der Waals surface area contributed by atoms with Gasteiger partial charge < -0.3 is 20.3 Å². The number of morpholine rings is 1. The van der Waals surface area contributed by atoms with Gasteiger partial charge in [-0.1, -0.05) is 0 Å². The number of H-pyrrole nitrogens is 1. The number of pyridine rings is 1. The van der Waals surface area contributed by atoms with Gasteiger partial charge in [0.1, 0.15) is 0 Å². The number of aromatic nitrogens is 3. The number of ether oxygens (including phenoxy) is 1. The zero-order valence-electron chi connectivity index (χ0n) is 14.3. The van der Waals surface area contributed by atoms with Crippen molar-refractivity contribution in [1.29, 1.82) is 0 Å². The summed E-state index contributed by atoms with van der Waals surface area (Å²) in [5, 5.41) is 7.89. The molecule has 0 aliphatic carbocycles. The summed E-state index contributed by atoms with van der Waals surface area (Å²) in [7, 11) is 0. The van der Waals surface area contributed by atoms with Crippen LogP contribution < -0.4 is 10.6 Å². The third-order valence-electron chi connectivity index (χ3n) is 5.04. The molecule has 2 aromatic heterocycles. The van der Waals surface area contributed by atoms with E-state index < -0.39 is 0 Å². The number of nitrogens with zero attached hydrogens (tertiary/aromatic N) is 4. The van der Waals surface area contributed by atoms with Crippen molar-refractivity contribution in [2.45, 2.75) is 25.4 Å². The standard InChI is InChI=1S/C17H24N6O2/c18-8-12-11-23(6-7-25-12)15-13-10-20-21-16(13)19-9-14(15)17(24)22-4-2-1-3-5-22/h9-10,12H,1-8,11,18H2,(H,19,20,21). The highest BCUT2D eigenvalue weighted by Crippen LogP contribution is 2.31. The van der Waals surface area contributed by atoms with Crippen LogP contribution in [-0.4, -0.2) is 71.4 Å². The van der Waals surface area contributed by atoms with Crippen LogP contribution in [0.5, 0.6) is 0 Å². The number of amides is 1. The molecule has 2 aliphatic heterocycles. The maximum Gasteiger partial charge on any atom is 0.257 e. The van der Waals surface area contributed by atoms with Crippen LogP contribution in [0.4, 0.5) is 5.69 Å². The van der Waals surface area contributed by atoms with Gasteiger partial charge in [-0.25, -0.2) is 4.98 Å². The molecule has 0 aromatic carbocycles. The third-order valence-corrected chi connectivity index (χ3v) is 5.04. The number of likely N-dealkylation sites (tertiary alicyclic amines) is 1. The Bertz CT molecular complexity index is 755. The Morgan fingerprint density at radius 3 is 2.92 bits per heavy atom. The molecule has 2 aromatic rings. The molecule has 25 heavy (non-hydrogen) atoms. The van der Waals surface area contributed by atoms with E-state index in [0.717, 1.165) is 43.5 Å². The van der Waals surface area contributed by atoms with Crippen molar-refractivity contribution in [2.24, 2.45) is 5.73 Å². The largest absolute Gasteiger partial charge is 0.373 e. The molecule has 1 amide bonds. The Morgan fingerprint density at radius 2 is 2.12 bits per heavy atom. The van der Waals surface area contributed by atoms with Crippen LogP contribution in [0.1, 0.15) is 29.6 Å². The Labute approximate surface area is 146 Å². The van der Waals surface area contributed by atoms with E-state index in [1.807, 2.05) is 4.90 Å². The molecule has 0 spiro atoms. The predicted molar refractivity (Wildman–Crippen MR) is 94.7 cm³/mol. The van der Waals surface area contributed by atoms with Crippen LogP contribution >= 0.6 is 0 Å². The molecule has 134 valence electrons. The number of carbonyl (C=O) groups is 1. The number of nitrogens with one attached hydrogen (secondary N) is 1. The van der Waals surface area contributed by atoms with Crippen LogP contribution in [-0.2, 0) is 4.74 Å². The fourth-order valence-electron chi connectivity index (χ4n) is 3.72. The minimum absolute atomic E-state index is 0.0261. The minimum Gasteiger partial charge on any atom is -0.373 e. The van der Waals surface area contributed by atoms with Crippen molar-refractivity contribution in [3.8, 4) is 0 Å². The summed E-state index contributed by atoms with van der Waals surface area (Å²) in [4.78, 5) is 21.7. The molecule has 4 heterocycles. The maximum absolute atomic E-state index is 13.2. The molecular weight excluding hydrogens is 320 g/mol. The molecule has 0 saturated carbocycles. The topological polar surface area (TPSA) is 100 Å². The van der Waals surface area contributed by atoms with Crippen molar-refractivity contribution < 1.29 is 9.53 Å². The van der Waals surface area contributed by atoms with Gasteiger partial charge in [-0.2, -0.15) is 5.10 Å². The van der Waals surface area contributed by atoms with Crippen molar-refractivity contribution in [1.82, 2.24) is 20.1 Å². The first-order valence-electron chi connectivity index (χ1n) is 8.96. The molecule has 4 rings (SSSR count). The van der Waals surface area contributed by atoms with Gasteiger partial charge in [0.15, 0.2) is 5.65 Å². The van der Waals surface area contributed by atoms with Crippen LogP contribution in [0.15, 0.2) is 12.4 Å². The molecule has 3 N–H and O–H groups in total. The third kappa shape index (κ3) is 3.07. The van der Waals surface area contributed by atoms with Crippen molar-refractivity contribution in [3.63, 3.8) is 0 Å². The molecule has 1 atom stereocenters. The summed E-state index contributed by atoms with van der Waals surface area (Å²) in [6.45, 7) is 4.08. The molecule has 8 heteroatoms. The maximum atomic E-state index is 13.2. The molecule has 2 saturated heterocycles. The second-order valence-electron chi connectivity index (χ2n) is 6.68. The molecule has 0 bridgehead atoms. The quantitative estimate of drug-likeness (QED) is 0.852. The summed E-state index contributed by atoms with van der Waals surface area (Å²) >= 11 is 0. The van der Waals surface area contributed by atoms with Crippen LogP contribution in [0.25, 0.3) is 11.0 Å². The lowest BCUT2D eigenvalue weighted by atomic mass is 10.1. The van der Waals surface area contributed by atoms with Crippen molar-refractivity contribution in [2.75, 3.05) is 44.2 Å². The van der Waals surface area contributed by atoms with Gasteiger partial charge in [0.25, 0.3) is 5.91 Å². The van der Waals surface area contributed by atoms with Gasteiger partial charge in [-0.3, -0.25) is 9.89 Å². The number of hydrogen-bond acceptors (Lipinski definition) is 6. The summed E-state index contributed by atoms with van der Waals surface area (Å²) in [5.41, 5.74) is 8.03. The highest BCUT2D eigenvalue weighted by Gasteiger charge is 2.28. The first-order valence-corrected chi connectivity index (χ1v) is 8.96. The van der Waals surface area contributed by atoms with Gasteiger partial charge in [0, 0.05) is 38.9 Å². The molecule has 1 unspecified atom stereocenters. The van der Waals surface area contributed by atoms with Gasteiger partial charge in [-0.15, -0.1) is 0 Å². The smallest absolute Gasteiger partial charge is 0.257 e. The van der Waals surface area contributed by atoms with E-state index in [2.05, 4.69) is 20.1 Å². The predicted octanol–water partition coefficient (Wildman–Crippen LogP) is 0.748. The van der Waals surface area contributed by atoms with Gasteiger partial charge in [-0.05, 0) is 19.3 Å². The van der Waals surface area contributed by atoms with E-state index >= 15 is 0 Å². The Balaban J connectivity index is 1.74. The zero-order valence-corrected chi connectivity index (χ0v) is 14.3. The van der Waals surface area contributed by atoms with E-state index in [1.54, 1.807) is 12.4 Å². The number of anilines is 1. The molecule has 2 aliphatic rings. The Kier molecular flexibility index (Phi) is 4.54. The lowest BCUT2D eigenvalue weighted by molar-refractivity contribution is 0.0464. The minimum atomic E-state index is -0.0261. The lowest BCUT2D eigenvalue weighted by Crippen LogP contribution is -2.46. The molecule has 0 radical (unpaired) electrons. The Hall–Kier alpha value is -2.19. The van der Waals surface area contributed by atoms with Gasteiger partial charge in [0.2, 0.25) is 0 Å². The van der Waals surface area contributed by atoms with Gasteiger partial charge >= 0.3 is 0 Å². The first-order chi connectivity index (χ1) is 12.3. The summed E-state index contributed by atoms with van der Waals surface area (Å²) in [6.07, 6.45) is 6.72. The monoisotopic (exact) mass is 344 g/mol. The highest BCUT2D eigenvalue weighted by molar-refractivity contribution is 6.06. The highest BCUT2D eigenvalue weighted by atomic mass is 16.5. The average molecular weight is 344 g/mol. The second-order valence-corrected chi connectivity index (χ2v) is 6.68. The van der Waals surface area contributed by atoms with Crippen LogP contribution in [0, 0.1) is 0 Å². The molecule has 2 fully saturated rings. The van der Waals surface area contributed by atoms with E-state index in [1.165, 1.54) is 6.42 Å². The van der Waals surface area contributed by atoms with E-state index in [-0.39, 0.29) is 12.0 Å². The average Bonchev–Trinajstić information content (AvgIpc) is 3.16. The molecular formula is C17H24N6O2. The number of carbonyl (C=O) groups excluding carboxylic acids is 1. The number of nitrogens with two attached hydrogens (primary N) is 1. The fourth-order valence-corrected chi connectivity index (χ4v) is 3.72. The number of piperidine rings is 1. The lowest BCUT2D eigenvalue weighted by Gasteiger charge is -2.36. The van der Waals surface area contributed by atoms with Crippen LogP contribution in [0.3, 0.4) is 0 Å². The van der Waals surface area contributed by atoms with Gasteiger partial charge in [0.05, 0.1) is 35.5 Å². The Morgan fingerprint density at radius 1 is 1.28 bits per heavy atom. The number of aromatic amines is 1. The fraction of sp³-hybridized carbons (Fsp3) is 0.588. The summed E-state index contributed by atoms with van der Waals surface area (Å²) in [6, 6.07) is 0. The van der Waals surface area contributed by atoms with E-state index in [9.17, 15) is 4.79 Å². The molecule has 8 nitrogen and oxygen atoms in total. The van der Waals surface area contributed by atoms with E-state index in [4.69, 9.17) is 10.5 Å². The first kappa shape index (κ1) is 16.3. The second kappa shape index (κ2) is 6.97. The van der Waals surface area contributed by atoms with Crippen molar-refractivity contribution in [3.05, 3.63) is 18.0 Å². The van der Waals surface area contributed by atoms with E-state index in [0.29, 0.717) is 30.9 Å². The number of fused-ring (bicyclic) bond motifs is 1. The number of rotatable bonds is 3. The van der Waals surface area contributed by atoms with Crippen molar-refractivity contribution >= 4 is 22.6 Å².